The molecule has 1 heterocycles. The summed E-state index contributed by atoms with van der Waals surface area (Å²) >= 11 is 0. The third-order valence-electron chi connectivity index (χ3n) is 5.75. The van der Waals surface area contributed by atoms with Crippen molar-refractivity contribution < 1.29 is 18.7 Å². The first-order valence-electron chi connectivity index (χ1n) is 10.2. The van der Waals surface area contributed by atoms with Crippen molar-refractivity contribution >= 4 is 5.91 Å². The maximum Gasteiger partial charge on any atom is 0.257 e. The summed E-state index contributed by atoms with van der Waals surface area (Å²) in [5, 5.41) is 0. The molecule has 1 amide bonds. The number of piperazine rings is 1. The molecule has 1 aliphatic carbocycles. The van der Waals surface area contributed by atoms with Crippen molar-refractivity contribution in [3.63, 3.8) is 0 Å². The highest BCUT2D eigenvalue weighted by Gasteiger charge is 2.26. The number of ether oxygens (including phenoxy) is 2. The molecule has 5 nitrogen and oxygen atoms in total. The lowest BCUT2D eigenvalue weighted by atomic mass is 9.96. The molecule has 2 aromatic carbocycles. The number of benzene rings is 2. The lowest BCUT2D eigenvalue weighted by molar-refractivity contribution is 0.0614. The van der Waals surface area contributed by atoms with Gasteiger partial charge in [0.15, 0.2) is 11.6 Å². The fraction of sp³-hybridized carbons (Fsp3) is 0.435. The standard InChI is InChI=1S/C23H27FN2O3/c1-28-22-10-9-17(15-20(22)24)16-25-11-13-26(14-12-25)23(27)19-7-2-3-8-21(19)29-18-5-4-6-18/h2-3,7-10,15,18H,4-6,11-14,16H2,1H3. The molecule has 0 spiro atoms. The minimum Gasteiger partial charge on any atom is -0.494 e. The van der Waals surface area contributed by atoms with Gasteiger partial charge in [0.05, 0.1) is 18.8 Å². The van der Waals surface area contributed by atoms with Crippen molar-refractivity contribution in [2.45, 2.75) is 31.9 Å². The van der Waals surface area contributed by atoms with Crippen LogP contribution in [0.1, 0.15) is 35.2 Å². The van der Waals surface area contributed by atoms with Crippen molar-refractivity contribution in [2.24, 2.45) is 0 Å². The Balaban J connectivity index is 1.35. The predicted octanol–water partition coefficient (Wildman–Crippen LogP) is 3.72. The molecule has 2 aliphatic rings. The number of carbonyl (C=O) groups is 1. The van der Waals surface area contributed by atoms with Crippen LogP contribution in [-0.2, 0) is 6.54 Å². The molecule has 6 heteroatoms. The molecule has 1 aliphatic heterocycles. The van der Waals surface area contributed by atoms with Crippen LogP contribution in [0.3, 0.4) is 0 Å². The van der Waals surface area contributed by atoms with Gasteiger partial charge in [0, 0.05) is 32.7 Å². The predicted molar refractivity (Wildman–Crippen MR) is 109 cm³/mol. The summed E-state index contributed by atoms with van der Waals surface area (Å²) in [5.41, 5.74) is 1.55. The van der Waals surface area contributed by atoms with Gasteiger partial charge in [0.2, 0.25) is 0 Å². The average molecular weight is 398 g/mol. The Labute approximate surface area is 171 Å². The topological polar surface area (TPSA) is 42.0 Å². The van der Waals surface area contributed by atoms with E-state index < -0.39 is 0 Å². The van der Waals surface area contributed by atoms with Gasteiger partial charge >= 0.3 is 0 Å². The zero-order chi connectivity index (χ0) is 20.2. The van der Waals surface area contributed by atoms with Crippen LogP contribution in [0.4, 0.5) is 4.39 Å². The van der Waals surface area contributed by atoms with Crippen LogP contribution in [0.25, 0.3) is 0 Å². The number of halogens is 1. The van der Waals surface area contributed by atoms with Gasteiger partial charge in [-0.05, 0) is 49.1 Å². The molecule has 2 aromatic rings. The number of hydrogen-bond donors (Lipinski definition) is 0. The molecule has 1 saturated carbocycles. The van der Waals surface area contributed by atoms with Gasteiger partial charge in [0.25, 0.3) is 5.91 Å². The van der Waals surface area contributed by atoms with Crippen LogP contribution < -0.4 is 9.47 Å². The van der Waals surface area contributed by atoms with Crippen LogP contribution in [0.5, 0.6) is 11.5 Å². The molecule has 29 heavy (non-hydrogen) atoms. The Bertz CT molecular complexity index is 861. The summed E-state index contributed by atoms with van der Waals surface area (Å²) in [5.74, 6) is 0.627. The number of methoxy groups -OCH3 is 1. The maximum atomic E-state index is 13.9. The van der Waals surface area contributed by atoms with Crippen LogP contribution in [0, 0.1) is 5.82 Å². The molecule has 0 bridgehead atoms. The quantitative estimate of drug-likeness (QED) is 0.744. The highest BCUT2D eigenvalue weighted by atomic mass is 19.1. The van der Waals surface area contributed by atoms with Crippen molar-refractivity contribution in [2.75, 3.05) is 33.3 Å². The first-order valence-corrected chi connectivity index (χ1v) is 10.2. The van der Waals surface area contributed by atoms with Gasteiger partial charge < -0.3 is 14.4 Å². The van der Waals surface area contributed by atoms with Crippen molar-refractivity contribution in [1.82, 2.24) is 9.80 Å². The monoisotopic (exact) mass is 398 g/mol. The molecule has 154 valence electrons. The summed E-state index contributed by atoms with van der Waals surface area (Å²) < 4.78 is 24.9. The largest absolute Gasteiger partial charge is 0.494 e. The van der Waals surface area contributed by atoms with E-state index >= 15 is 0 Å². The Morgan fingerprint density at radius 3 is 2.48 bits per heavy atom. The fourth-order valence-electron chi connectivity index (χ4n) is 3.76. The zero-order valence-electron chi connectivity index (χ0n) is 16.8. The molecule has 1 saturated heterocycles. The SMILES string of the molecule is COc1ccc(CN2CCN(C(=O)c3ccccc3OC3CCC3)CC2)cc1F. The molecule has 0 atom stereocenters. The van der Waals surface area contributed by atoms with Gasteiger partial charge in [-0.2, -0.15) is 0 Å². The zero-order valence-corrected chi connectivity index (χ0v) is 16.8. The van der Waals surface area contributed by atoms with Gasteiger partial charge in [-0.3, -0.25) is 9.69 Å². The van der Waals surface area contributed by atoms with Gasteiger partial charge in [0.1, 0.15) is 5.75 Å². The Morgan fingerprint density at radius 1 is 1.07 bits per heavy atom. The highest BCUT2D eigenvalue weighted by Crippen LogP contribution is 2.28. The number of nitrogens with zero attached hydrogens (tertiary/aromatic N) is 2. The van der Waals surface area contributed by atoms with Crippen molar-refractivity contribution in [1.29, 1.82) is 0 Å². The van der Waals surface area contributed by atoms with E-state index in [2.05, 4.69) is 4.90 Å². The highest BCUT2D eigenvalue weighted by molar-refractivity contribution is 5.97. The van der Waals surface area contributed by atoms with Gasteiger partial charge in [-0.1, -0.05) is 18.2 Å². The second-order valence-electron chi connectivity index (χ2n) is 7.70. The van der Waals surface area contributed by atoms with Crippen LogP contribution in [-0.4, -0.2) is 55.1 Å². The number of hydrogen-bond acceptors (Lipinski definition) is 4. The molecule has 0 aromatic heterocycles. The van der Waals surface area contributed by atoms with E-state index in [1.54, 1.807) is 6.07 Å². The molecular formula is C23H27FN2O3. The van der Waals surface area contributed by atoms with E-state index in [9.17, 15) is 9.18 Å². The molecular weight excluding hydrogens is 371 g/mol. The van der Waals surface area contributed by atoms with E-state index in [-0.39, 0.29) is 23.6 Å². The van der Waals surface area contributed by atoms with E-state index in [1.807, 2.05) is 35.2 Å². The molecule has 0 N–H and O–H groups in total. The summed E-state index contributed by atoms with van der Waals surface area (Å²) in [6, 6.07) is 12.6. The summed E-state index contributed by atoms with van der Waals surface area (Å²) in [7, 11) is 1.46. The van der Waals surface area contributed by atoms with Gasteiger partial charge in [-0.15, -0.1) is 0 Å². The smallest absolute Gasteiger partial charge is 0.257 e. The first kappa shape index (κ1) is 19.7. The molecule has 0 radical (unpaired) electrons. The van der Waals surface area contributed by atoms with E-state index in [4.69, 9.17) is 9.47 Å². The van der Waals surface area contributed by atoms with Gasteiger partial charge in [-0.25, -0.2) is 4.39 Å². The minimum atomic E-state index is -0.345. The van der Waals surface area contributed by atoms with E-state index in [0.717, 1.165) is 31.5 Å². The van der Waals surface area contributed by atoms with E-state index in [1.165, 1.54) is 19.6 Å². The lowest BCUT2D eigenvalue weighted by Gasteiger charge is -2.35. The number of para-hydroxylation sites is 1. The summed E-state index contributed by atoms with van der Waals surface area (Å²) in [6.45, 7) is 3.46. The summed E-state index contributed by atoms with van der Waals surface area (Å²) in [6.07, 6.45) is 3.56. The third kappa shape index (κ3) is 4.53. The Morgan fingerprint density at radius 2 is 1.83 bits per heavy atom. The second kappa shape index (κ2) is 8.82. The number of rotatable bonds is 6. The normalized spacial score (nSPS) is 17.7. The van der Waals surface area contributed by atoms with Crippen molar-refractivity contribution in [3.05, 3.63) is 59.4 Å². The summed E-state index contributed by atoms with van der Waals surface area (Å²) in [4.78, 5) is 17.2. The van der Waals surface area contributed by atoms with Crippen LogP contribution in [0.15, 0.2) is 42.5 Å². The number of amides is 1. The third-order valence-corrected chi connectivity index (χ3v) is 5.75. The van der Waals surface area contributed by atoms with Crippen LogP contribution >= 0.6 is 0 Å². The second-order valence-corrected chi connectivity index (χ2v) is 7.70. The lowest BCUT2D eigenvalue weighted by Crippen LogP contribution is -2.48. The van der Waals surface area contributed by atoms with E-state index in [0.29, 0.717) is 30.9 Å². The first-order chi connectivity index (χ1) is 14.1. The maximum absolute atomic E-state index is 13.9. The fourth-order valence-corrected chi connectivity index (χ4v) is 3.76. The minimum absolute atomic E-state index is 0.0232. The molecule has 4 rings (SSSR count). The number of carbonyl (C=O) groups excluding carboxylic acids is 1. The van der Waals surface area contributed by atoms with Crippen LogP contribution in [0.2, 0.25) is 0 Å². The molecule has 0 unspecified atom stereocenters. The molecule has 2 fully saturated rings. The van der Waals surface area contributed by atoms with Crippen molar-refractivity contribution in [3.8, 4) is 11.5 Å². The Kier molecular flexibility index (Phi) is 6.00. The Hall–Kier alpha value is -2.60. The average Bonchev–Trinajstić information content (AvgIpc) is 2.71.